The fourth-order valence-corrected chi connectivity index (χ4v) is 9.73. The summed E-state index contributed by atoms with van der Waals surface area (Å²) in [7, 11) is 0. The van der Waals surface area contributed by atoms with Crippen LogP contribution >= 0.6 is 11.6 Å². The molecule has 2 aromatic rings. The number of halogens is 4. The average molecular weight is 875 g/mol. The van der Waals surface area contributed by atoms with Gasteiger partial charge in [0, 0.05) is 63.8 Å². The van der Waals surface area contributed by atoms with Crippen molar-refractivity contribution in [3.05, 3.63) is 58.1 Å². The predicted octanol–water partition coefficient (Wildman–Crippen LogP) is 5.78. The van der Waals surface area contributed by atoms with Crippen molar-refractivity contribution >= 4 is 47.2 Å². The van der Waals surface area contributed by atoms with Crippen molar-refractivity contribution in [1.82, 2.24) is 24.5 Å². The number of hydrogen-bond donors (Lipinski definition) is 2. The van der Waals surface area contributed by atoms with Crippen molar-refractivity contribution < 1.29 is 51.7 Å². The second-order valence-corrected chi connectivity index (χ2v) is 17.2. The quantitative estimate of drug-likeness (QED) is 0.268. The number of urea groups is 1. The van der Waals surface area contributed by atoms with Crippen LogP contribution in [0.4, 0.5) is 28.4 Å². The number of likely N-dealkylation sites (tertiary alicyclic amines) is 4. The molecule has 18 heteroatoms. The van der Waals surface area contributed by atoms with Gasteiger partial charge in [-0.1, -0.05) is 29.8 Å². The molecule has 0 unspecified atom stereocenters. The van der Waals surface area contributed by atoms with Crippen molar-refractivity contribution in [3.63, 3.8) is 0 Å². The summed E-state index contributed by atoms with van der Waals surface area (Å²) >= 11 is 6.03. The van der Waals surface area contributed by atoms with E-state index < -0.39 is 47.0 Å². The number of carbonyl (C=O) groups is 5. The molecule has 1 atom stereocenters. The highest BCUT2D eigenvalue weighted by molar-refractivity contribution is 6.32. The van der Waals surface area contributed by atoms with Gasteiger partial charge in [0.1, 0.15) is 12.4 Å². The molecule has 0 aliphatic carbocycles. The Bertz CT molecular complexity index is 1930. The Hall–Kier alpha value is -4.77. The van der Waals surface area contributed by atoms with Gasteiger partial charge >= 0.3 is 24.3 Å². The maximum Gasteiger partial charge on any atom is 0.420 e. The molecule has 5 aliphatic heterocycles. The van der Waals surface area contributed by atoms with Crippen molar-refractivity contribution in [2.75, 3.05) is 77.4 Å². The number of amides is 5. The number of phenolic OH excluding ortho intramolecular Hbond substituents is 1. The van der Waals surface area contributed by atoms with Crippen LogP contribution in [0.3, 0.4) is 0 Å². The first-order valence-electron chi connectivity index (χ1n) is 21.4. The Morgan fingerprint density at radius 2 is 1.54 bits per heavy atom. The maximum absolute atomic E-state index is 14.2. The van der Waals surface area contributed by atoms with E-state index in [1.807, 2.05) is 24.3 Å². The molecule has 0 saturated carbocycles. The second kappa shape index (κ2) is 19.5. The highest BCUT2D eigenvalue weighted by Gasteiger charge is 2.39. The van der Waals surface area contributed by atoms with E-state index in [9.17, 15) is 42.3 Å². The molecule has 0 spiro atoms. The van der Waals surface area contributed by atoms with Crippen molar-refractivity contribution in [2.24, 2.45) is 11.8 Å². The van der Waals surface area contributed by atoms with Crippen molar-refractivity contribution in [1.29, 1.82) is 0 Å². The van der Waals surface area contributed by atoms with Gasteiger partial charge in [-0.25, -0.2) is 9.59 Å². The number of alkyl halides is 3. The van der Waals surface area contributed by atoms with Gasteiger partial charge < -0.3 is 39.5 Å². The zero-order chi connectivity index (χ0) is 43.3. The highest BCUT2D eigenvalue weighted by atomic mass is 35.5. The number of rotatable bonds is 11. The van der Waals surface area contributed by atoms with Crippen LogP contribution in [0.25, 0.3) is 0 Å². The number of aromatic hydroxyl groups is 1. The third kappa shape index (κ3) is 11.0. The molecule has 5 amide bonds. The summed E-state index contributed by atoms with van der Waals surface area (Å²) in [4.78, 5) is 73.9. The summed E-state index contributed by atoms with van der Waals surface area (Å²) in [6, 6.07) is 9.16. The molecule has 14 nitrogen and oxygen atoms in total. The first-order chi connectivity index (χ1) is 29.2. The lowest BCUT2D eigenvalue weighted by Gasteiger charge is -2.41. The highest BCUT2D eigenvalue weighted by Crippen LogP contribution is 2.41. The number of phenols is 1. The lowest BCUT2D eigenvalue weighted by molar-refractivity contribution is -0.147. The van der Waals surface area contributed by atoms with Gasteiger partial charge in [0.25, 0.3) is 5.91 Å². The zero-order valence-corrected chi connectivity index (χ0v) is 34.9. The van der Waals surface area contributed by atoms with Gasteiger partial charge in [-0.15, -0.1) is 0 Å². The van der Waals surface area contributed by atoms with Gasteiger partial charge in [-0.2, -0.15) is 13.2 Å². The van der Waals surface area contributed by atoms with E-state index in [1.165, 1.54) is 4.90 Å². The molecule has 332 valence electrons. The standard InChI is InChI=1S/C43H54ClF3N6O8/c44-34-25-28(24-33(39(34)56)43(45,46)47)26-36(61-42(59)52-19-12-32(13-20-52)53-21-11-31-4-1-2-5-35(31)48-41(53)58)40(57)51-17-9-30(10-18-51)29-7-15-49(16-8-29)27-38(55)60-23-22-50-14-3-6-37(50)54/h1-2,4-5,24-25,29-30,32,36,56H,3,6-23,26-27H2,(H,48,58)/t36-/m1/s1. The van der Waals surface area contributed by atoms with Gasteiger partial charge in [0.2, 0.25) is 5.91 Å². The van der Waals surface area contributed by atoms with Crippen LogP contribution in [-0.2, 0) is 42.9 Å². The van der Waals surface area contributed by atoms with Crippen LogP contribution in [0.15, 0.2) is 36.4 Å². The lowest BCUT2D eigenvalue weighted by Crippen LogP contribution is -2.52. The molecule has 4 saturated heterocycles. The monoisotopic (exact) mass is 874 g/mol. The van der Waals surface area contributed by atoms with Crippen LogP contribution in [-0.4, -0.2) is 144 Å². The van der Waals surface area contributed by atoms with E-state index in [0.717, 1.165) is 55.7 Å². The molecule has 2 N–H and O–H groups in total. The summed E-state index contributed by atoms with van der Waals surface area (Å²) in [6.45, 7) is 4.71. The number of carbonyl (C=O) groups excluding carboxylic acids is 5. The molecule has 5 aliphatic rings. The lowest BCUT2D eigenvalue weighted by atomic mass is 9.78. The molecule has 61 heavy (non-hydrogen) atoms. The minimum atomic E-state index is -4.92. The molecule has 2 aromatic carbocycles. The Kier molecular flexibility index (Phi) is 14.2. The Balaban J connectivity index is 0.928. The number of hydrogen-bond acceptors (Lipinski definition) is 9. The third-order valence-electron chi connectivity index (χ3n) is 13.0. The number of ether oxygens (including phenoxy) is 2. The molecule has 0 radical (unpaired) electrons. The molecular formula is C43H54ClF3N6O8. The number of anilines is 1. The molecule has 0 aromatic heterocycles. The van der Waals surface area contributed by atoms with E-state index >= 15 is 0 Å². The average Bonchev–Trinajstić information content (AvgIpc) is 3.57. The minimum Gasteiger partial charge on any atom is -0.506 e. The first kappa shape index (κ1) is 44.3. The third-order valence-corrected chi connectivity index (χ3v) is 13.3. The van der Waals surface area contributed by atoms with Crippen molar-refractivity contribution in [3.8, 4) is 5.75 Å². The minimum absolute atomic E-state index is 0.0274. The number of nitrogens with one attached hydrogen (secondary N) is 1. The van der Waals surface area contributed by atoms with Crippen LogP contribution in [0.5, 0.6) is 5.75 Å². The van der Waals surface area contributed by atoms with Crippen LogP contribution < -0.4 is 5.32 Å². The van der Waals surface area contributed by atoms with E-state index in [1.54, 1.807) is 14.7 Å². The summed E-state index contributed by atoms with van der Waals surface area (Å²) in [5, 5.41) is 12.5. The van der Waals surface area contributed by atoms with Crippen LogP contribution in [0.2, 0.25) is 5.02 Å². The van der Waals surface area contributed by atoms with Gasteiger partial charge in [0.15, 0.2) is 6.10 Å². The fraction of sp³-hybridized carbons (Fsp3) is 0.605. The van der Waals surface area contributed by atoms with Crippen LogP contribution in [0.1, 0.15) is 68.1 Å². The topological polar surface area (TPSA) is 152 Å². The van der Waals surface area contributed by atoms with E-state index in [0.29, 0.717) is 83.1 Å². The normalized spacial score (nSPS) is 20.6. The first-order valence-corrected chi connectivity index (χ1v) is 21.8. The van der Waals surface area contributed by atoms with Gasteiger partial charge in [-0.05, 0) is 106 Å². The van der Waals surface area contributed by atoms with Crippen molar-refractivity contribution in [2.45, 2.75) is 82.5 Å². The maximum atomic E-state index is 14.2. The number of benzene rings is 2. The SMILES string of the molecule is O=C(CN1CCC(C2CCN(C(=O)[C@@H](Cc3cc(Cl)c(O)c(C(F)(F)F)c3)OC(=O)N3CCC(N4CCc5ccccc5NC4=O)CC3)CC2)CC1)OCCN1CCCC1=O. The second-order valence-electron chi connectivity index (χ2n) is 16.8. The predicted molar refractivity (Wildman–Crippen MR) is 218 cm³/mol. The number of para-hydroxylation sites is 1. The smallest absolute Gasteiger partial charge is 0.420 e. The molecule has 7 rings (SSSR count). The van der Waals surface area contributed by atoms with Crippen LogP contribution in [0, 0.1) is 11.8 Å². The zero-order valence-electron chi connectivity index (χ0n) is 34.2. The summed E-state index contributed by atoms with van der Waals surface area (Å²) in [6.07, 6.45) is -1.41. The molecule has 0 bridgehead atoms. The van der Waals surface area contributed by atoms with Gasteiger partial charge in [-0.3, -0.25) is 19.3 Å². The van der Waals surface area contributed by atoms with E-state index in [4.69, 9.17) is 21.1 Å². The Morgan fingerprint density at radius 3 is 2.21 bits per heavy atom. The summed E-state index contributed by atoms with van der Waals surface area (Å²) < 4.78 is 52.8. The largest absolute Gasteiger partial charge is 0.506 e. The Morgan fingerprint density at radius 1 is 0.869 bits per heavy atom. The number of piperidine rings is 3. The van der Waals surface area contributed by atoms with Gasteiger partial charge in [0.05, 0.1) is 23.7 Å². The molecular weight excluding hydrogens is 821 g/mol. The van der Waals surface area contributed by atoms with E-state index in [-0.39, 0.29) is 55.8 Å². The fourth-order valence-electron chi connectivity index (χ4n) is 9.49. The summed E-state index contributed by atoms with van der Waals surface area (Å²) in [5.74, 6) is -1.16. The number of esters is 1. The number of nitrogens with zero attached hydrogens (tertiary/aromatic N) is 5. The Labute approximate surface area is 358 Å². The molecule has 5 heterocycles. The molecule has 4 fully saturated rings. The summed E-state index contributed by atoms with van der Waals surface area (Å²) in [5.41, 5.74) is 0.433. The number of fused-ring (bicyclic) bond motifs is 1. The van der Waals surface area contributed by atoms with E-state index in [2.05, 4.69) is 10.2 Å².